The topological polar surface area (TPSA) is 78.9 Å². The van der Waals surface area contributed by atoms with Crippen LogP contribution in [-0.2, 0) is 4.74 Å². The quantitative estimate of drug-likeness (QED) is 0.469. The highest BCUT2D eigenvalue weighted by Gasteiger charge is 2.07. The van der Waals surface area contributed by atoms with Crippen LogP contribution >= 0.6 is 0 Å². The molecular weight excluding hydrogens is 140 g/mol. The van der Waals surface area contributed by atoms with Crippen molar-refractivity contribution in [2.24, 2.45) is 0 Å². The van der Waals surface area contributed by atoms with Gasteiger partial charge in [0, 0.05) is 7.05 Å². The first kappa shape index (κ1) is 8.54. The minimum absolute atomic E-state index is 0.589. The predicted octanol–water partition coefficient (Wildman–Crippen LogP) is -0.133. The summed E-state index contributed by atoms with van der Waals surface area (Å²) in [5, 5.41) is 8.77. The van der Waals surface area contributed by atoms with Crippen molar-refractivity contribution in [3.05, 3.63) is 0 Å². The Morgan fingerprint density at radius 2 is 2.10 bits per heavy atom. The Balaban J connectivity index is 3.68. The van der Waals surface area contributed by atoms with E-state index in [9.17, 15) is 9.59 Å². The summed E-state index contributed by atoms with van der Waals surface area (Å²) >= 11 is 0. The maximum Gasteiger partial charge on any atom is 0.426 e. The number of carbonyl (C=O) groups excluding carboxylic acids is 1. The fraction of sp³-hybridized carbons (Fsp3) is 0.500. The van der Waals surface area contributed by atoms with E-state index in [-0.39, 0.29) is 0 Å². The average molecular weight is 148 g/mol. The molecule has 0 heterocycles. The Labute approximate surface area is 57.3 Å². The molecule has 0 bridgehead atoms. The zero-order chi connectivity index (χ0) is 8.15. The van der Waals surface area contributed by atoms with Gasteiger partial charge < -0.3 is 9.84 Å². The molecule has 0 saturated carbocycles. The van der Waals surface area contributed by atoms with Gasteiger partial charge in [-0.15, -0.1) is 0 Å². The van der Waals surface area contributed by atoms with Crippen molar-refractivity contribution in [2.75, 3.05) is 14.2 Å². The average Bonchev–Trinajstić information content (AvgIpc) is 1.87. The Morgan fingerprint density at radius 1 is 1.60 bits per heavy atom. The number of carbonyl (C=O) groups is 2. The summed E-state index contributed by atoms with van der Waals surface area (Å²) in [5.41, 5.74) is 1.90. The molecule has 2 N–H and O–H groups in total. The van der Waals surface area contributed by atoms with E-state index in [0.29, 0.717) is 5.01 Å². The lowest BCUT2D eigenvalue weighted by atomic mass is 11.0. The number of methoxy groups -OCH3 is 1. The predicted molar refractivity (Wildman–Crippen MR) is 31.3 cm³/mol. The molecule has 0 fully saturated rings. The number of carboxylic acid groups (broad SMARTS) is 1. The van der Waals surface area contributed by atoms with Crippen LogP contribution in [0.3, 0.4) is 0 Å². The highest BCUT2D eigenvalue weighted by atomic mass is 16.5. The minimum Gasteiger partial charge on any atom is -0.464 e. The third kappa shape index (κ3) is 2.75. The number of nitrogens with zero attached hydrogens (tertiary/aromatic N) is 1. The molecule has 6 heteroatoms. The summed E-state index contributed by atoms with van der Waals surface area (Å²) < 4.78 is 4.12. The van der Waals surface area contributed by atoms with E-state index in [0.717, 1.165) is 7.11 Å². The van der Waals surface area contributed by atoms with Crippen molar-refractivity contribution < 1.29 is 19.4 Å². The van der Waals surface area contributed by atoms with Crippen LogP contribution in [0.15, 0.2) is 0 Å². The van der Waals surface area contributed by atoms with Gasteiger partial charge in [-0.25, -0.2) is 20.0 Å². The first-order chi connectivity index (χ1) is 4.57. The molecule has 0 spiro atoms. The maximum absolute atomic E-state index is 10.3. The van der Waals surface area contributed by atoms with Gasteiger partial charge in [0.1, 0.15) is 0 Å². The van der Waals surface area contributed by atoms with Gasteiger partial charge in [-0.3, -0.25) is 0 Å². The summed E-state index contributed by atoms with van der Waals surface area (Å²) in [6, 6.07) is 0. The minimum atomic E-state index is -1.26. The Morgan fingerprint density at radius 3 is 2.40 bits per heavy atom. The smallest absolute Gasteiger partial charge is 0.426 e. The molecule has 0 aliphatic carbocycles. The van der Waals surface area contributed by atoms with E-state index in [2.05, 4.69) is 4.74 Å². The van der Waals surface area contributed by atoms with Gasteiger partial charge in [0.05, 0.1) is 7.11 Å². The van der Waals surface area contributed by atoms with Gasteiger partial charge in [-0.05, 0) is 0 Å². The lowest BCUT2D eigenvalue weighted by molar-refractivity contribution is 0.114. The Kier molecular flexibility index (Phi) is 3.03. The molecule has 10 heavy (non-hydrogen) atoms. The largest absolute Gasteiger partial charge is 0.464 e. The molecule has 0 unspecified atom stereocenters. The standard InChI is InChI=1S/C4H8N2O4/c1-6(4(8)9)5-3(7)10-2/h1-2H3,(H,5,7)(H,8,9). The van der Waals surface area contributed by atoms with Crippen LogP contribution in [0.5, 0.6) is 0 Å². The number of hydrogen-bond donors (Lipinski definition) is 2. The van der Waals surface area contributed by atoms with Crippen LogP contribution in [0.4, 0.5) is 9.59 Å². The van der Waals surface area contributed by atoms with E-state index >= 15 is 0 Å². The van der Waals surface area contributed by atoms with Crippen LogP contribution in [0.2, 0.25) is 0 Å². The molecule has 0 aliphatic rings. The van der Waals surface area contributed by atoms with E-state index in [1.54, 1.807) is 0 Å². The Bertz CT molecular complexity index is 146. The molecule has 0 aliphatic heterocycles. The summed E-state index contributed by atoms with van der Waals surface area (Å²) in [6.45, 7) is 0. The Hall–Kier alpha value is -1.46. The number of rotatable bonds is 0. The van der Waals surface area contributed by atoms with Gasteiger partial charge in [0.15, 0.2) is 0 Å². The lowest BCUT2D eigenvalue weighted by Gasteiger charge is -2.11. The molecule has 0 aromatic carbocycles. The van der Waals surface area contributed by atoms with Crippen LogP contribution in [0.1, 0.15) is 0 Å². The second-order valence-electron chi connectivity index (χ2n) is 1.44. The fourth-order valence-corrected chi connectivity index (χ4v) is 0.230. The van der Waals surface area contributed by atoms with E-state index in [1.165, 1.54) is 7.05 Å². The SMILES string of the molecule is COC(=O)NN(C)C(=O)O. The number of hydrazine groups is 1. The van der Waals surface area contributed by atoms with Crippen LogP contribution in [0.25, 0.3) is 0 Å². The molecule has 0 saturated heterocycles. The second-order valence-corrected chi connectivity index (χ2v) is 1.44. The highest BCUT2D eigenvalue weighted by Crippen LogP contribution is 1.77. The van der Waals surface area contributed by atoms with Gasteiger partial charge in [-0.2, -0.15) is 0 Å². The van der Waals surface area contributed by atoms with Gasteiger partial charge in [0.25, 0.3) is 0 Å². The third-order valence-corrected chi connectivity index (χ3v) is 0.731. The molecule has 0 aromatic heterocycles. The molecule has 58 valence electrons. The van der Waals surface area contributed by atoms with Crippen LogP contribution in [0, 0.1) is 0 Å². The van der Waals surface area contributed by atoms with E-state index in [1.807, 2.05) is 5.43 Å². The second kappa shape index (κ2) is 3.54. The van der Waals surface area contributed by atoms with E-state index < -0.39 is 12.2 Å². The molecule has 2 amide bonds. The highest BCUT2D eigenvalue weighted by molar-refractivity contribution is 5.72. The first-order valence-electron chi connectivity index (χ1n) is 2.39. The fourth-order valence-electron chi connectivity index (χ4n) is 0.230. The van der Waals surface area contributed by atoms with Gasteiger partial charge >= 0.3 is 12.2 Å². The number of hydrogen-bond acceptors (Lipinski definition) is 3. The molecule has 6 nitrogen and oxygen atoms in total. The molecule has 0 rings (SSSR count). The van der Waals surface area contributed by atoms with Crippen LogP contribution in [-0.4, -0.2) is 36.5 Å². The van der Waals surface area contributed by atoms with Crippen molar-refractivity contribution in [2.45, 2.75) is 0 Å². The van der Waals surface area contributed by atoms with E-state index in [4.69, 9.17) is 5.11 Å². The molecule has 0 atom stereocenters. The molecule has 0 radical (unpaired) electrons. The lowest BCUT2D eigenvalue weighted by Crippen LogP contribution is -2.42. The first-order valence-corrected chi connectivity index (χ1v) is 2.39. The monoisotopic (exact) mass is 148 g/mol. The summed E-state index contributed by atoms with van der Waals surface area (Å²) in [5.74, 6) is 0. The van der Waals surface area contributed by atoms with Crippen molar-refractivity contribution >= 4 is 12.2 Å². The van der Waals surface area contributed by atoms with Gasteiger partial charge in [0.2, 0.25) is 0 Å². The maximum atomic E-state index is 10.3. The summed E-state index contributed by atoms with van der Waals surface area (Å²) in [7, 11) is 2.32. The summed E-state index contributed by atoms with van der Waals surface area (Å²) in [6.07, 6.45) is -2.07. The van der Waals surface area contributed by atoms with Crippen molar-refractivity contribution in [1.82, 2.24) is 10.4 Å². The molecular formula is C4H8N2O4. The number of nitrogens with one attached hydrogen (secondary N) is 1. The number of ether oxygens (including phenoxy) is 1. The number of amides is 2. The normalized spacial score (nSPS) is 8.20. The summed E-state index contributed by atoms with van der Waals surface area (Å²) in [4.78, 5) is 20.3. The van der Waals surface area contributed by atoms with Crippen molar-refractivity contribution in [1.29, 1.82) is 0 Å². The zero-order valence-electron chi connectivity index (χ0n) is 5.62. The third-order valence-electron chi connectivity index (χ3n) is 0.731. The zero-order valence-corrected chi connectivity index (χ0v) is 5.62. The van der Waals surface area contributed by atoms with Crippen LogP contribution < -0.4 is 5.43 Å². The van der Waals surface area contributed by atoms with Crippen molar-refractivity contribution in [3.8, 4) is 0 Å². The van der Waals surface area contributed by atoms with Gasteiger partial charge in [-0.1, -0.05) is 0 Å². The molecule has 0 aromatic rings. The van der Waals surface area contributed by atoms with Crippen molar-refractivity contribution in [3.63, 3.8) is 0 Å².